The van der Waals surface area contributed by atoms with E-state index in [9.17, 15) is 22.4 Å². The Kier molecular flexibility index (Phi) is 5.72. The van der Waals surface area contributed by atoms with Crippen molar-refractivity contribution in [1.82, 2.24) is 0 Å². The lowest BCUT2D eigenvalue weighted by Gasteiger charge is -2.13. The molecule has 0 amide bonds. The Balaban J connectivity index is 2.14. The van der Waals surface area contributed by atoms with Gasteiger partial charge in [-0.05, 0) is 48.4 Å². The fourth-order valence-corrected chi connectivity index (χ4v) is 2.68. The van der Waals surface area contributed by atoms with E-state index in [4.69, 9.17) is 23.2 Å². The van der Waals surface area contributed by atoms with Gasteiger partial charge >= 0.3 is 6.18 Å². The Labute approximate surface area is 145 Å². The maximum atomic E-state index is 13.3. The summed E-state index contributed by atoms with van der Waals surface area (Å²) in [6.45, 7) is 0.165. The van der Waals surface area contributed by atoms with E-state index in [0.717, 1.165) is 23.8 Å². The molecule has 0 unspecified atom stereocenters. The van der Waals surface area contributed by atoms with Crippen LogP contribution in [0.15, 0.2) is 36.4 Å². The van der Waals surface area contributed by atoms with E-state index in [1.54, 1.807) is 18.2 Å². The average Bonchev–Trinajstić information content (AvgIpc) is 2.45. The first kappa shape index (κ1) is 18.5. The molecule has 8 heteroatoms. The first-order valence-corrected chi connectivity index (χ1v) is 7.52. The summed E-state index contributed by atoms with van der Waals surface area (Å²) in [5.41, 5.74) is -0.0985. The number of carbonyl (C=O) groups is 1. The first-order chi connectivity index (χ1) is 11.2. The zero-order chi connectivity index (χ0) is 17.9. The van der Waals surface area contributed by atoms with Crippen LogP contribution in [0.25, 0.3) is 0 Å². The number of alkyl halides is 3. The third-order valence-electron chi connectivity index (χ3n) is 3.14. The molecule has 0 bridgehead atoms. The zero-order valence-corrected chi connectivity index (χ0v) is 13.6. The maximum absolute atomic E-state index is 13.3. The van der Waals surface area contributed by atoms with Crippen molar-refractivity contribution in [3.05, 3.63) is 63.4 Å². The number of nitrogens with one attached hydrogen (secondary N) is 1. The van der Waals surface area contributed by atoms with Crippen LogP contribution in [0.4, 0.5) is 23.2 Å². The van der Waals surface area contributed by atoms with Crippen molar-refractivity contribution >= 4 is 34.7 Å². The molecule has 0 fully saturated rings. The molecule has 2 aromatic rings. The van der Waals surface area contributed by atoms with E-state index in [2.05, 4.69) is 5.32 Å². The van der Waals surface area contributed by atoms with Gasteiger partial charge in [0.05, 0.1) is 5.56 Å². The molecule has 24 heavy (non-hydrogen) atoms. The molecule has 0 saturated carbocycles. The molecule has 0 aliphatic rings. The van der Waals surface area contributed by atoms with E-state index in [1.807, 2.05) is 0 Å². The largest absolute Gasteiger partial charge is 0.454 e. The van der Waals surface area contributed by atoms with Crippen molar-refractivity contribution in [3.8, 4) is 0 Å². The average molecular weight is 380 g/mol. The number of Topliss-reactive ketones (excluding diaryl/α,β-unsaturated/α-hetero) is 1. The van der Waals surface area contributed by atoms with Crippen molar-refractivity contribution in [2.45, 2.75) is 12.6 Å². The van der Waals surface area contributed by atoms with Gasteiger partial charge in [-0.1, -0.05) is 23.2 Å². The monoisotopic (exact) mass is 379 g/mol. The number of ketones is 1. The quantitative estimate of drug-likeness (QED) is 0.546. The summed E-state index contributed by atoms with van der Waals surface area (Å²) < 4.78 is 51.1. The normalized spacial score (nSPS) is 11.4. The number of carbonyl (C=O) groups excluding carboxylic acids is 1. The number of hydrogen-bond acceptors (Lipinski definition) is 2. The van der Waals surface area contributed by atoms with Gasteiger partial charge in [-0.3, -0.25) is 4.79 Å². The summed E-state index contributed by atoms with van der Waals surface area (Å²) in [6, 6.07) is 7.33. The maximum Gasteiger partial charge on any atom is 0.454 e. The van der Waals surface area contributed by atoms with Crippen LogP contribution in [-0.2, 0) is 6.42 Å². The lowest BCUT2D eigenvalue weighted by Crippen LogP contribution is -2.24. The number of benzene rings is 2. The highest BCUT2D eigenvalue weighted by Crippen LogP contribution is 2.27. The van der Waals surface area contributed by atoms with Crippen molar-refractivity contribution in [3.63, 3.8) is 0 Å². The highest BCUT2D eigenvalue weighted by atomic mass is 35.5. The predicted octanol–water partition coefficient (Wildman–Crippen LogP) is 5.53. The van der Waals surface area contributed by atoms with Crippen LogP contribution in [0.2, 0.25) is 10.0 Å². The van der Waals surface area contributed by atoms with Crippen molar-refractivity contribution < 1.29 is 22.4 Å². The molecule has 0 aliphatic heterocycles. The summed E-state index contributed by atoms with van der Waals surface area (Å²) in [7, 11) is 0. The second-order valence-corrected chi connectivity index (χ2v) is 5.84. The van der Waals surface area contributed by atoms with Gasteiger partial charge in [-0.25, -0.2) is 4.39 Å². The minimum absolute atomic E-state index is 0.165. The standard InChI is InChI=1S/C16H11Cl2F4NO/c17-10-5-9(6-11(18)7-10)3-4-23-14-8-12(19)1-2-13(14)15(24)16(20,21)22/h1-2,5-8,23H,3-4H2. The van der Waals surface area contributed by atoms with Crippen molar-refractivity contribution in [1.29, 1.82) is 0 Å². The van der Waals surface area contributed by atoms with Crippen molar-refractivity contribution in [2.75, 3.05) is 11.9 Å². The molecule has 2 aromatic carbocycles. The molecule has 0 atom stereocenters. The SMILES string of the molecule is O=C(c1ccc(F)cc1NCCc1cc(Cl)cc(Cl)c1)C(F)(F)F. The molecular formula is C16H11Cl2F4NO. The van der Waals surface area contributed by atoms with Crippen LogP contribution in [0.3, 0.4) is 0 Å². The van der Waals surface area contributed by atoms with Crippen LogP contribution >= 0.6 is 23.2 Å². The lowest BCUT2D eigenvalue weighted by molar-refractivity contribution is -0.0884. The molecule has 0 heterocycles. The third kappa shape index (κ3) is 4.85. The number of halogens is 6. The molecule has 2 nitrogen and oxygen atoms in total. The fourth-order valence-electron chi connectivity index (χ4n) is 2.11. The van der Waals surface area contributed by atoms with E-state index in [0.29, 0.717) is 16.5 Å². The van der Waals surface area contributed by atoms with Crippen molar-refractivity contribution in [2.24, 2.45) is 0 Å². The van der Waals surface area contributed by atoms with Crippen LogP contribution in [0.1, 0.15) is 15.9 Å². The van der Waals surface area contributed by atoms with Gasteiger partial charge in [-0.15, -0.1) is 0 Å². The molecule has 0 spiro atoms. The second-order valence-electron chi connectivity index (χ2n) is 4.97. The van der Waals surface area contributed by atoms with E-state index in [-0.39, 0.29) is 12.2 Å². The summed E-state index contributed by atoms with van der Waals surface area (Å²) in [5, 5.41) is 3.50. The first-order valence-electron chi connectivity index (χ1n) is 6.77. The third-order valence-corrected chi connectivity index (χ3v) is 3.57. The van der Waals surface area contributed by atoms with Gasteiger partial charge in [0.1, 0.15) is 5.82 Å². The van der Waals surface area contributed by atoms with E-state index >= 15 is 0 Å². The van der Waals surface area contributed by atoms with E-state index < -0.39 is 23.3 Å². The Morgan fingerprint density at radius 1 is 1.04 bits per heavy atom. The second kappa shape index (κ2) is 7.40. The molecule has 1 N–H and O–H groups in total. The zero-order valence-electron chi connectivity index (χ0n) is 12.1. The van der Waals surface area contributed by atoms with Crippen LogP contribution in [0, 0.1) is 5.82 Å². The lowest BCUT2D eigenvalue weighted by atomic mass is 10.1. The number of rotatable bonds is 5. The van der Waals surface area contributed by atoms with Crippen LogP contribution < -0.4 is 5.32 Å². The van der Waals surface area contributed by atoms with Gasteiger partial charge in [0, 0.05) is 22.3 Å². The molecular weight excluding hydrogens is 369 g/mol. The minimum Gasteiger partial charge on any atom is -0.384 e. The Morgan fingerprint density at radius 2 is 1.67 bits per heavy atom. The van der Waals surface area contributed by atoms with Gasteiger partial charge in [-0.2, -0.15) is 13.2 Å². The molecule has 0 aliphatic carbocycles. The predicted molar refractivity (Wildman–Crippen MR) is 85.4 cm³/mol. The summed E-state index contributed by atoms with van der Waals surface area (Å²) >= 11 is 11.7. The Morgan fingerprint density at radius 3 is 2.25 bits per heavy atom. The molecule has 2 rings (SSSR count). The van der Waals surface area contributed by atoms with Gasteiger partial charge in [0.25, 0.3) is 5.78 Å². The Bertz CT molecular complexity index is 742. The number of anilines is 1. The fraction of sp³-hybridized carbons (Fsp3) is 0.188. The molecule has 0 saturated heterocycles. The molecule has 128 valence electrons. The van der Waals surface area contributed by atoms with Gasteiger partial charge in [0.2, 0.25) is 0 Å². The topological polar surface area (TPSA) is 29.1 Å². The summed E-state index contributed by atoms with van der Waals surface area (Å²) in [4.78, 5) is 11.4. The highest BCUT2D eigenvalue weighted by Gasteiger charge is 2.40. The molecule has 0 radical (unpaired) electrons. The molecule has 0 aromatic heterocycles. The smallest absolute Gasteiger partial charge is 0.384 e. The summed E-state index contributed by atoms with van der Waals surface area (Å²) in [6.07, 6.45) is -4.66. The minimum atomic E-state index is -5.03. The van der Waals surface area contributed by atoms with Crippen LogP contribution in [-0.4, -0.2) is 18.5 Å². The Hall–Kier alpha value is -1.79. The van der Waals surface area contributed by atoms with E-state index in [1.165, 1.54) is 0 Å². The summed E-state index contributed by atoms with van der Waals surface area (Å²) in [5.74, 6) is -2.78. The number of hydrogen-bond donors (Lipinski definition) is 1. The van der Waals surface area contributed by atoms with Gasteiger partial charge in [0.15, 0.2) is 0 Å². The van der Waals surface area contributed by atoms with Crippen LogP contribution in [0.5, 0.6) is 0 Å². The highest BCUT2D eigenvalue weighted by molar-refractivity contribution is 6.34. The van der Waals surface area contributed by atoms with Gasteiger partial charge < -0.3 is 5.32 Å².